The lowest BCUT2D eigenvalue weighted by Gasteiger charge is -2.36. The fourth-order valence-electron chi connectivity index (χ4n) is 8.68. The van der Waals surface area contributed by atoms with Gasteiger partial charge in [0.1, 0.15) is 5.82 Å². The van der Waals surface area contributed by atoms with Gasteiger partial charge >= 0.3 is 0 Å². The molecule has 0 amide bonds. The van der Waals surface area contributed by atoms with Crippen molar-refractivity contribution in [1.29, 1.82) is 0 Å². The van der Waals surface area contributed by atoms with Gasteiger partial charge in [-0.3, -0.25) is 4.57 Å². The van der Waals surface area contributed by atoms with Crippen molar-refractivity contribution < 1.29 is 0 Å². The van der Waals surface area contributed by atoms with E-state index in [9.17, 15) is 0 Å². The van der Waals surface area contributed by atoms with E-state index in [0.29, 0.717) is 17.9 Å². The Morgan fingerprint density at radius 3 is 1.76 bits per heavy atom. The molecule has 3 heterocycles. The molecule has 1 aliphatic heterocycles. The van der Waals surface area contributed by atoms with Crippen LogP contribution in [0.1, 0.15) is 24.3 Å². The maximum atomic E-state index is 4.08. The highest BCUT2D eigenvalue weighted by atomic mass is 15.2. The Morgan fingerprint density at radius 2 is 1.10 bits per heavy atom. The van der Waals surface area contributed by atoms with Crippen LogP contribution >= 0.6 is 0 Å². The summed E-state index contributed by atoms with van der Waals surface area (Å²) in [6.07, 6.45) is 13.7. The first kappa shape index (κ1) is 28.9. The Labute approximate surface area is 292 Å². The smallest absolute Gasteiger partial charge is 0.107 e. The monoisotopic (exact) mass is 643 g/mol. The number of nitrogens with one attached hydrogen (secondary N) is 1. The summed E-state index contributed by atoms with van der Waals surface area (Å²) in [5.74, 6) is 1.92. The standard InChI is InChI=1S/C47H37N3/c1-4-16-32(17-5-1)34-30-40(33-18-6-2-7-19-33)48-45(31-34)50-42-27-13-11-23-39(42)47-37(25-15-29-44(47)50)36-24-14-28-43-46(36)38-22-10-12-26-41(38)49(43)35-20-8-3-9-21-35/h1-18,20-29,31,33-34,40,48H,19,30H2. The highest BCUT2D eigenvalue weighted by Crippen LogP contribution is 2.44. The van der Waals surface area contributed by atoms with Gasteiger partial charge in [0.15, 0.2) is 0 Å². The average molecular weight is 644 g/mol. The Morgan fingerprint density at radius 1 is 0.520 bits per heavy atom. The Bertz CT molecular complexity index is 2630. The van der Waals surface area contributed by atoms with Crippen LogP contribution in [0, 0.1) is 5.92 Å². The number of hydrogen-bond acceptors (Lipinski definition) is 1. The molecular weight excluding hydrogens is 607 g/mol. The Kier molecular flexibility index (Phi) is 6.83. The van der Waals surface area contributed by atoms with E-state index in [0.717, 1.165) is 12.8 Å². The summed E-state index contributed by atoms with van der Waals surface area (Å²) in [4.78, 5) is 0. The molecule has 0 saturated carbocycles. The molecule has 1 N–H and O–H groups in total. The minimum Gasteiger partial charge on any atom is -0.368 e. The summed E-state index contributed by atoms with van der Waals surface area (Å²) in [7, 11) is 0. The molecule has 1 aliphatic carbocycles. The lowest BCUT2D eigenvalue weighted by molar-refractivity contribution is 0.397. The van der Waals surface area contributed by atoms with Gasteiger partial charge in [0.2, 0.25) is 0 Å². The van der Waals surface area contributed by atoms with Gasteiger partial charge in [-0.15, -0.1) is 0 Å². The predicted octanol–water partition coefficient (Wildman–Crippen LogP) is 11.6. The highest BCUT2D eigenvalue weighted by Gasteiger charge is 2.30. The van der Waals surface area contributed by atoms with Crippen LogP contribution in [0.4, 0.5) is 0 Å². The van der Waals surface area contributed by atoms with E-state index in [1.165, 1.54) is 71.8 Å². The van der Waals surface area contributed by atoms with E-state index in [2.05, 4.69) is 190 Å². The van der Waals surface area contributed by atoms with E-state index < -0.39 is 0 Å². The molecule has 8 aromatic rings. The van der Waals surface area contributed by atoms with Crippen molar-refractivity contribution in [3.8, 4) is 16.8 Å². The van der Waals surface area contributed by atoms with Gasteiger partial charge in [-0.05, 0) is 72.0 Å². The maximum Gasteiger partial charge on any atom is 0.107 e. The maximum absolute atomic E-state index is 4.08. The molecule has 0 spiro atoms. The molecule has 3 heteroatoms. The van der Waals surface area contributed by atoms with Crippen LogP contribution in [-0.4, -0.2) is 15.2 Å². The summed E-state index contributed by atoms with van der Waals surface area (Å²) in [6, 6.07) is 53.5. The van der Waals surface area contributed by atoms with Crippen LogP contribution < -0.4 is 5.32 Å². The third kappa shape index (κ3) is 4.58. The number of rotatable bonds is 5. The van der Waals surface area contributed by atoms with Crippen molar-refractivity contribution in [3.05, 3.63) is 182 Å². The number of allylic oxidation sites excluding steroid dienone is 4. The Balaban J connectivity index is 1.22. The molecular formula is C47H37N3. The third-order valence-electron chi connectivity index (χ3n) is 10.9. The van der Waals surface area contributed by atoms with Gasteiger partial charge in [0.25, 0.3) is 0 Å². The minimum absolute atomic E-state index is 0.314. The molecule has 0 saturated heterocycles. The molecule has 240 valence electrons. The second-order valence-corrected chi connectivity index (χ2v) is 13.7. The predicted molar refractivity (Wildman–Crippen MR) is 211 cm³/mol. The van der Waals surface area contributed by atoms with Crippen molar-refractivity contribution in [3.63, 3.8) is 0 Å². The van der Waals surface area contributed by atoms with Crippen LogP contribution in [0.3, 0.4) is 0 Å². The topological polar surface area (TPSA) is 21.9 Å². The summed E-state index contributed by atoms with van der Waals surface area (Å²) >= 11 is 0. The number of hydrogen-bond donors (Lipinski definition) is 1. The van der Waals surface area contributed by atoms with E-state index in [1.54, 1.807) is 0 Å². The fourth-order valence-corrected chi connectivity index (χ4v) is 8.68. The van der Waals surface area contributed by atoms with Gasteiger partial charge in [-0.1, -0.05) is 133 Å². The molecule has 10 rings (SSSR count). The van der Waals surface area contributed by atoms with Gasteiger partial charge < -0.3 is 9.88 Å². The largest absolute Gasteiger partial charge is 0.368 e. The van der Waals surface area contributed by atoms with Crippen molar-refractivity contribution >= 4 is 49.4 Å². The quantitative estimate of drug-likeness (QED) is 0.198. The first-order chi connectivity index (χ1) is 24.8. The van der Waals surface area contributed by atoms with Crippen LogP contribution in [0.25, 0.3) is 66.2 Å². The summed E-state index contributed by atoms with van der Waals surface area (Å²) in [6.45, 7) is 0. The van der Waals surface area contributed by atoms with Crippen LogP contribution in [0.5, 0.6) is 0 Å². The molecule has 3 nitrogen and oxygen atoms in total. The number of nitrogens with zero attached hydrogens (tertiary/aromatic N) is 2. The number of fused-ring (bicyclic) bond motifs is 6. The summed E-state index contributed by atoms with van der Waals surface area (Å²) in [5.41, 5.74) is 9.93. The van der Waals surface area contributed by atoms with E-state index in [-0.39, 0.29) is 0 Å². The van der Waals surface area contributed by atoms with Crippen molar-refractivity contribution in [1.82, 2.24) is 14.5 Å². The second kappa shape index (κ2) is 11.8. The first-order valence-electron chi connectivity index (χ1n) is 17.8. The van der Waals surface area contributed by atoms with Gasteiger partial charge in [-0.25, -0.2) is 0 Å². The molecule has 2 aromatic heterocycles. The lowest BCUT2D eigenvalue weighted by atomic mass is 9.81. The first-order valence-corrected chi connectivity index (χ1v) is 17.8. The summed E-state index contributed by atoms with van der Waals surface area (Å²) in [5, 5.41) is 9.18. The molecule has 0 radical (unpaired) electrons. The van der Waals surface area contributed by atoms with E-state index in [4.69, 9.17) is 0 Å². The molecule has 2 aliphatic rings. The Hall–Kier alpha value is -6.06. The van der Waals surface area contributed by atoms with Crippen molar-refractivity contribution in [2.45, 2.75) is 24.8 Å². The molecule has 6 aromatic carbocycles. The molecule has 0 fully saturated rings. The van der Waals surface area contributed by atoms with Crippen LogP contribution in [0.15, 0.2) is 176 Å². The summed E-state index contributed by atoms with van der Waals surface area (Å²) < 4.78 is 4.90. The van der Waals surface area contributed by atoms with Gasteiger partial charge in [0.05, 0.1) is 22.1 Å². The SMILES string of the molecule is C1=CCC(C2CC(c3ccccc3)C=C(n3c4ccccc4c4c(-c5cccc6c5c5ccccc5n6-c5ccccc5)cccc43)N2)C=C1. The highest BCUT2D eigenvalue weighted by molar-refractivity contribution is 6.22. The lowest BCUT2D eigenvalue weighted by Crippen LogP contribution is -2.40. The molecule has 50 heavy (non-hydrogen) atoms. The fraction of sp³-hybridized carbons (Fsp3) is 0.106. The number of aromatic nitrogens is 2. The van der Waals surface area contributed by atoms with Crippen LogP contribution in [0.2, 0.25) is 0 Å². The zero-order valence-electron chi connectivity index (χ0n) is 27.8. The van der Waals surface area contributed by atoms with Crippen molar-refractivity contribution in [2.24, 2.45) is 5.92 Å². The number of para-hydroxylation sites is 3. The molecule has 3 atom stereocenters. The molecule has 0 bridgehead atoms. The molecule has 3 unspecified atom stereocenters. The normalized spacial score (nSPS) is 19.0. The third-order valence-corrected chi connectivity index (χ3v) is 10.9. The second-order valence-electron chi connectivity index (χ2n) is 13.7. The van der Waals surface area contributed by atoms with Crippen LogP contribution in [-0.2, 0) is 0 Å². The van der Waals surface area contributed by atoms with E-state index in [1.807, 2.05) is 0 Å². The van der Waals surface area contributed by atoms with E-state index >= 15 is 0 Å². The average Bonchev–Trinajstić information content (AvgIpc) is 3.72. The van der Waals surface area contributed by atoms with Gasteiger partial charge in [0, 0.05) is 45.1 Å². The number of benzene rings is 6. The van der Waals surface area contributed by atoms with Crippen molar-refractivity contribution in [2.75, 3.05) is 0 Å². The zero-order chi connectivity index (χ0) is 33.0. The zero-order valence-corrected chi connectivity index (χ0v) is 27.8. The van der Waals surface area contributed by atoms with Gasteiger partial charge in [-0.2, -0.15) is 0 Å². The minimum atomic E-state index is 0.314.